The van der Waals surface area contributed by atoms with Crippen molar-refractivity contribution in [2.24, 2.45) is 0 Å². The molecule has 0 unspecified atom stereocenters. The monoisotopic (exact) mass is 390 g/mol. The van der Waals surface area contributed by atoms with Crippen molar-refractivity contribution in [2.45, 2.75) is 19.3 Å². The molecule has 0 aliphatic carbocycles. The average molecular weight is 390 g/mol. The molecule has 1 aliphatic heterocycles. The van der Waals surface area contributed by atoms with Crippen LogP contribution in [0.25, 0.3) is 0 Å². The molecule has 1 fully saturated rings. The third kappa shape index (κ3) is 4.90. The van der Waals surface area contributed by atoms with Crippen LogP contribution in [0.5, 0.6) is 0 Å². The van der Waals surface area contributed by atoms with Crippen molar-refractivity contribution in [1.82, 2.24) is 4.98 Å². The van der Waals surface area contributed by atoms with E-state index in [0.29, 0.717) is 11.4 Å². The van der Waals surface area contributed by atoms with Gasteiger partial charge in [-0.2, -0.15) is 0 Å². The number of carbonyl (C=O) groups excluding carboxylic acids is 1. The molecule has 0 radical (unpaired) electrons. The predicted octanol–water partition coefficient (Wildman–Crippen LogP) is 5.21. The largest absolute Gasteiger partial charge is 0.372 e. The second-order valence-corrected chi connectivity index (χ2v) is 7.11. The van der Waals surface area contributed by atoms with Gasteiger partial charge in [0.05, 0.1) is 5.56 Å². The molecule has 0 bridgehead atoms. The van der Waals surface area contributed by atoms with Gasteiger partial charge in [-0.25, -0.2) is 9.37 Å². The fourth-order valence-electron chi connectivity index (χ4n) is 3.39. The van der Waals surface area contributed by atoms with Crippen LogP contribution in [0.2, 0.25) is 0 Å². The number of rotatable bonds is 5. The van der Waals surface area contributed by atoms with Crippen LogP contribution >= 0.6 is 0 Å². The topological polar surface area (TPSA) is 57.3 Å². The lowest BCUT2D eigenvalue weighted by Crippen LogP contribution is -2.29. The predicted molar refractivity (Wildman–Crippen MR) is 114 cm³/mol. The molecule has 1 aromatic heterocycles. The van der Waals surface area contributed by atoms with Crippen molar-refractivity contribution in [1.29, 1.82) is 0 Å². The summed E-state index contributed by atoms with van der Waals surface area (Å²) in [6.07, 6.45) is 5.29. The van der Waals surface area contributed by atoms with Crippen molar-refractivity contribution in [2.75, 3.05) is 28.6 Å². The Hall–Kier alpha value is -3.41. The van der Waals surface area contributed by atoms with Gasteiger partial charge in [0.1, 0.15) is 11.6 Å². The van der Waals surface area contributed by atoms with Crippen LogP contribution in [-0.2, 0) is 0 Å². The van der Waals surface area contributed by atoms with Crippen molar-refractivity contribution >= 4 is 28.8 Å². The molecule has 5 nitrogen and oxygen atoms in total. The molecule has 2 N–H and O–H groups in total. The van der Waals surface area contributed by atoms with Gasteiger partial charge in [-0.15, -0.1) is 0 Å². The number of amides is 1. The van der Waals surface area contributed by atoms with E-state index < -0.39 is 0 Å². The summed E-state index contributed by atoms with van der Waals surface area (Å²) < 4.78 is 13.0. The second kappa shape index (κ2) is 8.73. The minimum atomic E-state index is -0.292. The standard InChI is InChI=1S/C23H23FN4O/c24-18-5-7-19(8-6-18)26-22-13-4-17(16-25-22)23(29)27-20-9-11-21(12-10-20)28-14-2-1-3-15-28/h4-13,16H,1-3,14-15H2,(H,25,26)(H,27,29). The van der Waals surface area contributed by atoms with Crippen LogP contribution in [0.3, 0.4) is 0 Å². The minimum absolute atomic E-state index is 0.212. The molecule has 29 heavy (non-hydrogen) atoms. The lowest BCUT2D eigenvalue weighted by atomic mass is 10.1. The first kappa shape index (κ1) is 18.9. The highest BCUT2D eigenvalue weighted by molar-refractivity contribution is 6.04. The summed E-state index contributed by atoms with van der Waals surface area (Å²) in [6.45, 7) is 2.19. The highest BCUT2D eigenvalue weighted by Crippen LogP contribution is 2.22. The molecule has 4 rings (SSSR count). The number of nitrogens with zero attached hydrogens (tertiary/aromatic N) is 2. The molecule has 1 amide bonds. The summed E-state index contributed by atoms with van der Waals surface area (Å²) in [5, 5.41) is 5.97. The SMILES string of the molecule is O=C(Nc1ccc(N2CCCCC2)cc1)c1ccc(Nc2ccc(F)cc2)nc1. The van der Waals surface area contributed by atoms with Gasteiger partial charge in [0.25, 0.3) is 5.91 Å². The first-order valence-electron chi connectivity index (χ1n) is 9.82. The molecule has 0 saturated carbocycles. The Labute approximate surface area is 169 Å². The maximum atomic E-state index is 13.0. The smallest absolute Gasteiger partial charge is 0.257 e. The number of pyridine rings is 1. The molecule has 1 saturated heterocycles. The number of aromatic nitrogens is 1. The van der Waals surface area contributed by atoms with Crippen LogP contribution in [-0.4, -0.2) is 24.0 Å². The van der Waals surface area contributed by atoms with Gasteiger partial charge in [0.2, 0.25) is 0 Å². The number of hydrogen-bond donors (Lipinski definition) is 2. The van der Waals surface area contributed by atoms with Crippen molar-refractivity contribution in [3.8, 4) is 0 Å². The number of carbonyl (C=O) groups is 1. The Balaban J connectivity index is 1.36. The number of benzene rings is 2. The zero-order chi connectivity index (χ0) is 20.1. The number of hydrogen-bond acceptors (Lipinski definition) is 4. The molecular weight excluding hydrogens is 367 g/mol. The van der Waals surface area contributed by atoms with Crippen LogP contribution in [0.4, 0.5) is 27.3 Å². The van der Waals surface area contributed by atoms with Gasteiger partial charge in [-0.3, -0.25) is 4.79 Å². The normalized spacial score (nSPS) is 13.8. The Bertz CT molecular complexity index is 950. The minimum Gasteiger partial charge on any atom is -0.372 e. The molecule has 2 heterocycles. The van der Waals surface area contributed by atoms with E-state index in [9.17, 15) is 9.18 Å². The van der Waals surface area contributed by atoms with Gasteiger partial charge in [-0.05, 0) is 79.9 Å². The summed E-state index contributed by atoms with van der Waals surface area (Å²) in [5.74, 6) is 0.0788. The average Bonchev–Trinajstić information content (AvgIpc) is 2.77. The molecule has 0 spiro atoms. The van der Waals surface area contributed by atoms with E-state index in [1.165, 1.54) is 43.3 Å². The zero-order valence-electron chi connectivity index (χ0n) is 16.1. The van der Waals surface area contributed by atoms with Gasteiger partial charge in [0.15, 0.2) is 0 Å². The zero-order valence-corrected chi connectivity index (χ0v) is 16.1. The van der Waals surface area contributed by atoms with E-state index >= 15 is 0 Å². The lowest BCUT2D eigenvalue weighted by molar-refractivity contribution is 0.102. The van der Waals surface area contributed by atoms with Crippen LogP contribution in [0.1, 0.15) is 29.6 Å². The van der Waals surface area contributed by atoms with E-state index in [1.807, 2.05) is 12.1 Å². The van der Waals surface area contributed by atoms with Gasteiger partial charge >= 0.3 is 0 Å². The molecule has 1 aliphatic rings. The van der Waals surface area contributed by atoms with E-state index in [4.69, 9.17) is 0 Å². The number of halogens is 1. The first-order valence-corrected chi connectivity index (χ1v) is 9.82. The highest BCUT2D eigenvalue weighted by atomic mass is 19.1. The lowest BCUT2D eigenvalue weighted by Gasteiger charge is -2.28. The Morgan fingerprint density at radius 3 is 2.21 bits per heavy atom. The summed E-state index contributed by atoms with van der Waals surface area (Å²) in [7, 11) is 0. The summed E-state index contributed by atoms with van der Waals surface area (Å²) in [4.78, 5) is 19.1. The van der Waals surface area contributed by atoms with E-state index in [1.54, 1.807) is 24.3 Å². The fraction of sp³-hybridized carbons (Fsp3) is 0.217. The third-order valence-electron chi connectivity index (χ3n) is 4.99. The van der Waals surface area contributed by atoms with E-state index in [-0.39, 0.29) is 11.7 Å². The van der Waals surface area contributed by atoms with Gasteiger partial charge in [0, 0.05) is 36.3 Å². The number of anilines is 4. The molecule has 2 aromatic carbocycles. The summed E-state index contributed by atoms with van der Waals surface area (Å²) >= 11 is 0. The Morgan fingerprint density at radius 1 is 0.862 bits per heavy atom. The van der Waals surface area contributed by atoms with Crippen LogP contribution < -0.4 is 15.5 Å². The maximum Gasteiger partial charge on any atom is 0.257 e. The van der Waals surface area contributed by atoms with Crippen molar-refractivity contribution < 1.29 is 9.18 Å². The molecule has 6 heteroatoms. The third-order valence-corrected chi connectivity index (χ3v) is 4.99. The fourth-order valence-corrected chi connectivity index (χ4v) is 3.39. The Kier molecular flexibility index (Phi) is 5.70. The first-order chi connectivity index (χ1) is 14.2. The van der Waals surface area contributed by atoms with Crippen LogP contribution in [0.15, 0.2) is 66.9 Å². The maximum absolute atomic E-state index is 13.0. The number of nitrogens with one attached hydrogen (secondary N) is 2. The summed E-state index contributed by atoms with van der Waals surface area (Å²) in [6, 6.07) is 17.4. The summed E-state index contributed by atoms with van der Waals surface area (Å²) in [5.41, 5.74) is 3.14. The van der Waals surface area contributed by atoms with Gasteiger partial charge in [-0.1, -0.05) is 0 Å². The number of piperidine rings is 1. The molecule has 0 atom stereocenters. The van der Waals surface area contributed by atoms with Crippen LogP contribution in [0, 0.1) is 5.82 Å². The van der Waals surface area contributed by atoms with E-state index in [2.05, 4.69) is 32.7 Å². The van der Waals surface area contributed by atoms with Crippen molar-refractivity contribution in [3.63, 3.8) is 0 Å². The van der Waals surface area contributed by atoms with Gasteiger partial charge < -0.3 is 15.5 Å². The molecular formula is C23H23FN4O. The molecule has 3 aromatic rings. The van der Waals surface area contributed by atoms with E-state index in [0.717, 1.165) is 24.5 Å². The van der Waals surface area contributed by atoms with Crippen molar-refractivity contribution in [3.05, 3.63) is 78.2 Å². The highest BCUT2D eigenvalue weighted by Gasteiger charge is 2.11. The Morgan fingerprint density at radius 2 is 1.55 bits per heavy atom. The quantitative estimate of drug-likeness (QED) is 0.628. The second-order valence-electron chi connectivity index (χ2n) is 7.11. The molecule has 148 valence electrons.